The van der Waals surface area contributed by atoms with Crippen molar-refractivity contribution in [1.29, 1.82) is 0 Å². The highest BCUT2D eigenvalue weighted by atomic mass is 19.1. The Kier molecular flexibility index (Phi) is 3.94. The van der Waals surface area contributed by atoms with Gasteiger partial charge in [0.15, 0.2) is 0 Å². The molecule has 0 spiro atoms. The van der Waals surface area contributed by atoms with Gasteiger partial charge in [-0.1, -0.05) is 12.1 Å². The average Bonchev–Trinajstić information content (AvgIpc) is 3.26. The van der Waals surface area contributed by atoms with E-state index in [2.05, 4.69) is 0 Å². The molecular weight excluding hydrogens is 335 g/mol. The predicted molar refractivity (Wildman–Crippen MR) is 94.2 cm³/mol. The second-order valence-corrected chi connectivity index (χ2v) is 7.08. The number of halogens is 1. The van der Waals surface area contributed by atoms with E-state index in [1.54, 1.807) is 36.0 Å². The number of rotatable bonds is 2. The largest absolute Gasteiger partial charge is 0.337 e. The molecule has 136 valence electrons. The van der Waals surface area contributed by atoms with E-state index in [1.165, 1.54) is 12.1 Å². The minimum Gasteiger partial charge on any atom is -0.337 e. The fourth-order valence-corrected chi connectivity index (χ4v) is 3.93. The summed E-state index contributed by atoms with van der Waals surface area (Å²) in [4.78, 5) is 30.6. The van der Waals surface area contributed by atoms with Crippen LogP contribution in [0.25, 0.3) is 0 Å². The lowest BCUT2D eigenvalue weighted by molar-refractivity contribution is 0.0557. The lowest BCUT2D eigenvalue weighted by atomic mass is 10.0. The number of carbonyl (C=O) groups excluding carboxylic acids is 2. The van der Waals surface area contributed by atoms with Crippen LogP contribution in [0.3, 0.4) is 0 Å². The molecule has 26 heavy (non-hydrogen) atoms. The van der Waals surface area contributed by atoms with E-state index in [-0.39, 0.29) is 29.8 Å². The maximum absolute atomic E-state index is 13.2. The molecule has 1 aromatic heterocycles. The highest BCUT2D eigenvalue weighted by Crippen LogP contribution is 2.34. The first kappa shape index (κ1) is 16.6. The summed E-state index contributed by atoms with van der Waals surface area (Å²) in [6, 6.07) is 9.75. The molecule has 2 aliphatic rings. The first-order valence-electron chi connectivity index (χ1n) is 8.64. The van der Waals surface area contributed by atoms with E-state index in [4.69, 9.17) is 0 Å². The third kappa shape index (κ3) is 2.64. The van der Waals surface area contributed by atoms with Crippen LogP contribution in [-0.4, -0.2) is 64.4 Å². The third-order valence-corrected chi connectivity index (χ3v) is 5.19. The van der Waals surface area contributed by atoms with Crippen LogP contribution < -0.4 is 0 Å². The van der Waals surface area contributed by atoms with E-state index in [9.17, 15) is 14.0 Å². The molecule has 0 radical (unpaired) electrons. The lowest BCUT2D eigenvalue weighted by Crippen LogP contribution is -2.50. The summed E-state index contributed by atoms with van der Waals surface area (Å²) in [5.74, 6) is -0.353. The number of aromatic nitrogens is 1. The number of likely N-dealkylation sites (tertiary alicyclic amines) is 1. The van der Waals surface area contributed by atoms with Gasteiger partial charge < -0.3 is 19.3 Å². The van der Waals surface area contributed by atoms with E-state index < -0.39 is 0 Å². The van der Waals surface area contributed by atoms with Crippen LogP contribution in [0.4, 0.5) is 9.18 Å². The maximum Gasteiger partial charge on any atom is 0.319 e. The zero-order valence-corrected chi connectivity index (χ0v) is 14.8. The van der Waals surface area contributed by atoms with Crippen LogP contribution in [-0.2, 0) is 6.54 Å². The second kappa shape index (κ2) is 6.16. The summed E-state index contributed by atoms with van der Waals surface area (Å²) in [6.45, 7) is 1.46. The van der Waals surface area contributed by atoms with Crippen molar-refractivity contribution in [2.75, 3.05) is 27.2 Å². The molecule has 4 rings (SSSR count). The first-order valence-corrected chi connectivity index (χ1v) is 8.64. The Morgan fingerprint density at radius 2 is 1.85 bits per heavy atom. The highest BCUT2D eigenvalue weighted by Gasteiger charge is 2.46. The molecule has 0 N–H and O–H groups in total. The number of nitrogens with zero attached hydrogens (tertiary/aromatic N) is 4. The normalized spacial score (nSPS) is 21.6. The first-order chi connectivity index (χ1) is 12.5. The van der Waals surface area contributed by atoms with Gasteiger partial charge in [0, 0.05) is 39.9 Å². The summed E-state index contributed by atoms with van der Waals surface area (Å²) < 4.78 is 15.2. The Balaban J connectivity index is 1.66. The minimum atomic E-state index is -0.297. The summed E-state index contributed by atoms with van der Waals surface area (Å²) in [6.07, 6.45) is 1.91. The minimum absolute atomic E-state index is 0.0297. The molecule has 6 nitrogen and oxygen atoms in total. The molecule has 3 amide bonds. The predicted octanol–water partition coefficient (Wildman–Crippen LogP) is 2.19. The number of benzene rings is 1. The molecule has 0 aliphatic carbocycles. The number of hydrogen-bond acceptors (Lipinski definition) is 2. The van der Waals surface area contributed by atoms with Gasteiger partial charge in [-0.05, 0) is 29.8 Å². The van der Waals surface area contributed by atoms with Crippen LogP contribution in [0.1, 0.15) is 22.1 Å². The smallest absolute Gasteiger partial charge is 0.319 e. The Morgan fingerprint density at radius 1 is 1.15 bits per heavy atom. The van der Waals surface area contributed by atoms with Gasteiger partial charge in [-0.2, -0.15) is 0 Å². The Hall–Kier alpha value is -2.83. The van der Waals surface area contributed by atoms with Gasteiger partial charge in [0.05, 0.1) is 12.1 Å². The molecule has 3 heterocycles. The second-order valence-electron chi connectivity index (χ2n) is 7.08. The van der Waals surface area contributed by atoms with E-state index in [1.807, 2.05) is 27.8 Å². The van der Waals surface area contributed by atoms with Crippen molar-refractivity contribution in [3.05, 3.63) is 59.7 Å². The number of urea groups is 1. The van der Waals surface area contributed by atoms with Gasteiger partial charge >= 0.3 is 6.03 Å². The van der Waals surface area contributed by atoms with Crippen LogP contribution in [0.2, 0.25) is 0 Å². The van der Waals surface area contributed by atoms with Gasteiger partial charge in [0.1, 0.15) is 11.5 Å². The fourth-order valence-electron chi connectivity index (χ4n) is 3.93. The Morgan fingerprint density at radius 3 is 2.54 bits per heavy atom. The number of hydrogen-bond donors (Lipinski definition) is 0. The zero-order chi connectivity index (χ0) is 18.4. The van der Waals surface area contributed by atoms with Crippen molar-refractivity contribution in [2.45, 2.75) is 18.6 Å². The Labute approximate surface area is 151 Å². The van der Waals surface area contributed by atoms with Crippen LogP contribution in [0, 0.1) is 5.82 Å². The van der Waals surface area contributed by atoms with Gasteiger partial charge in [-0.3, -0.25) is 4.79 Å². The van der Waals surface area contributed by atoms with Crippen molar-refractivity contribution >= 4 is 11.9 Å². The van der Waals surface area contributed by atoms with Crippen LogP contribution in [0.15, 0.2) is 42.6 Å². The molecule has 2 atom stereocenters. The molecular formula is C19H21FN4O2. The zero-order valence-electron chi connectivity index (χ0n) is 14.8. The highest BCUT2D eigenvalue weighted by molar-refractivity contribution is 5.94. The van der Waals surface area contributed by atoms with Crippen molar-refractivity contribution in [3.8, 4) is 0 Å². The molecule has 0 saturated carbocycles. The molecule has 1 fully saturated rings. The van der Waals surface area contributed by atoms with Gasteiger partial charge in [0.2, 0.25) is 0 Å². The van der Waals surface area contributed by atoms with Crippen molar-refractivity contribution in [3.63, 3.8) is 0 Å². The molecule has 1 saturated heterocycles. The monoisotopic (exact) mass is 356 g/mol. The van der Waals surface area contributed by atoms with Crippen molar-refractivity contribution in [1.82, 2.24) is 19.3 Å². The number of fused-ring (bicyclic) bond motifs is 3. The van der Waals surface area contributed by atoms with Crippen LogP contribution >= 0.6 is 0 Å². The summed E-state index contributed by atoms with van der Waals surface area (Å²) in [5.41, 5.74) is 1.50. The van der Waals surface area contributed by atoms with E-state index in [0.29, 0.717) is 25.3 Å². The maximum atomic E-state index is 13.2. The molecule has 0 bridgehead atoms. The molecule has 0 unspecified atom stereocenters. The summed E-state index contributed by atoms with van der Waals surface area (Å²) in [7, 11) is 3.46. The molecule has 7 heteroatoms. The van der Waals surface area contributed by atoms with Crippen molar-refractivity contribution < 1.29 is 14.0 Å². The SMILES string of the molecule is CN(C)C(=O)N1C[C@H]2[C@H](C1)n1cccc1C(=O)N2Cc1ccc(F)cc1. The standard InChI is InChI=1S/C19H21FN4O2/c1-21(2)19(26)22-11-16-17(12-22)24(10-13-5-7-14(20)8-6-13)18(25)15-4-3-9-23(15)16/h3-9,16-17H,10-12H2,1-2H3/t16-,17-/m0/s1. The van der Waals surface area contributed by atoms with Gasteiger partial charge in [0.25, 0.3) is 5.91 Å². The van der Waals surface area contributed by atoms with Gasteiger partial charge in [-0.15, -0.1) is 0 Å². The Bertz CT molecular complexity index is 845. The molecule has 2 aliphatic heterocycles. The fraction of sp³-hybridized carbons (Fsp3) is 0.368. The quantitative estimate of drug-likeness (QED) is 0.828. The average molecular weight is 356 g/mol. The number of amides is 3. The topological polar surface area (TPSA) is 48.8 Å². The summed E-state index contributed by atoms with van der Waals surface area (Å²) >= 11 is 0. The van der Waals surface area contributed by atoms with E-state index in [0.717, 1.165) is 5.56 Å². The van der Waals surface area contributed by atoms with Crippen LogP contribution in [0.5, 0.6) is 0 Å². The lowest BCUT2D eigenvalue weighted by Gasteiger charge is -2.38. The number of carbonyl (C=O) groups is 2. The van der Waals surface area contributed by atoms with E-state index >= 15 is 0 Å². The summed E-state index contributed by atoms with van der Waals surface area (Å²) in [5, 5.41) is 0. The molecule has 2 aromatic rings. The molecule has 1 aromatic carbocycles. The van der Waals surface area contributed by atoms with Gasteiger partial charge in [-0.25, -0.2) is 9.18 Å². The van der Waals surface area contributed by atoms with Crippen molar-refractivity contribution in [2.24, 2.45) is 0 Å². The third-order valence-electron chi connectivity index (χ3n) is 5.19.